The Labute approximate surface area is 148 Å². The summed E-state index contributed by atoms with van der Waals surface area (Å²) in [5, 5.41) is 7.31. The van der Waals surface area contributed by atoms with Gasteiger partial charge in [-0.2, -0.15) is 0 Å². The highest BCUT2D eigenvalue weighted by molar-refractivity contribution is 5.78. The molecule has 136 valence electrons. The van der Waals surface area contributed by atoms with Crippen molar-refractivity contribution in [2.75, 3.05) is 6.54 Å². The van der Waals surface area contributed by atoms with E-state index < -0.39 is 0 Å². The highest BCUT2D eigenvalue weighted by Crippen LogP contribution is 2.14. The third-order valence-corrected chi connectivity index (χ3v) is 4.23. The first-order chi connectivity index (χ1) is 12.1. The van der Waals surface area contributed by atoms with Crippen molar-refractivity contribution in [1.29, 1.82) is 0 Å². The van der Waals surface area contributed by atoms with E-state index in [1.165, 1.54) is 9.25 Å². The van der Waals surface area contributed by atoms with Crippen molar-refractivity contribution < 1.29 is 4.79 Å². The average Bonchev–Trinajstić information content (AvgIpc) is 2.91. The molecule has 7 heteroatoms. The fraction of sp³-hybridized carbons (Fsp3) is 0.556. The topological polar surface area (TPSA) is 81.8 Å². The first kappa shape index (κ1) is 18.9. The highest BCUT2D eigenvalue weighted by Gasteiger charge is 2.17. The summed E-state index contributed by atoms with van der Waals surface area (Å²) < 4.78 is 2.88. The Kier molecular flexibility index (Phi) is 6.91. The molecule has 7 nitrogen and oxygen atoms in total. The Morgan fingerprint density at radius 3 is 2.60 bits per heavy atom. The highest BCUT2D eigenvalue weighted by atomic mass is 16.2. The molecule has 2 rings (SSSR count). The van der Waals surface area contributed by atoms with Gasteiger partial charge in [0.25, 0.3) is 0 Å². The molecule has 0 aromatic carbocycles. The number of aromatic nitrogens is 4. The lowest BCUT2D eigenvalue weighted by atomic mass is 9.97. The predicted molar refractivity (Wildman–Crippen MR) is 97.0 cm³/mol. The molecule has 0 aliphatic carbocycles. The van der Waals surface area contributed by atoms with Crippen LogP contribution in [0.25, 0.3) is 11.4 Å². The number of rotatable bonds is 9. The SMILES string of the molecule is CCCC(CCC)C(=O)NCCn1nc(-c2cccnc2)n(C)c1=O. The third-order valence-electron chi connectivity index (χ3n) is 4.23. The molecule has 0 saturated heterocycles. The molecule has 0 fully saturated rings. The molecule has 2 aromatic rings. The molecule has 0 radical (unpaired) electrons. The Balaban J connectivity index is 2.00. The van der Waals surface area contributed by atoms with Gasteiger partial charge < -0.3 is 5.32 Å². The van der Waals surface area contributed by atoms with Crippen LogP contribution < -0.4 is 11.0 Å². The van der Waals surface area contributed by atoms with E-state index in [4.69, 9.17) is 0 Å². The van der Waals surface area contributed by atoms with Gasteiger partial charge in [-0.05, 0) is 25.0 Å². The van der Waals surface area contributed by atoms with Gasteiger partial charge in [-0.15, -0.1) is 5.10 Å². The maximum Gasteiger partial charge on any atom is 0.345 e. The van der Waals surface area contributed by atoms with Gasteiger partial charge in [0.05, 0.1) is 6.54 Å². The fourth-order valence-electron chi connectivity index (χ4n) is 2.91. The van der Waals surface area contributed by atoms with Crippen LogP contribution in [-0.4, -0.2) is 31.8 Å². The molecule has 0 bridgehead atoms. The van der Waals surface area contributed by atoms with E-state index in [1.54, 1.807) is 25.5 Å². The van der Waals surface area contributed by atoms with Gasteiger partial charge in [-0.1, -0.05) is 26.7 Å². The number of pyridine rings is 1. The van der Waals surface area contributed by atoms with Crippen molar-refractivity contribution in [2.45, 2.75) is 46.1 Å². The van der Waals surface area contributed by atoms with Crippen molar-refractivity contribution in [2.24, 2.45) is 13.0 Å². The van der Waals surface area contributed by atoms with Crippen LogP contribution in [0.2, 0.25) is 0 Å². The number of nitrogens with one attached hydrogen (secondary N) is 1. The van der Waals surface area contributed by atoms with Crippen LogP contribution in [0.5, 0.6) is 0 Å². The summed E-state index contributed by atoms with van der Waals surface area (Å²) >= 11 is 0. The van der Waals surface area contributed by atoms with E-state index in [-0.39, 0.29) is 17.5 Å². The summed E-state index contributed by atoms with van der Waals surface area (Å²) in [6, 6.07) is 3.67. The van der Waals surface area contributed by atoms with Crippen LogP contribution >= 0.6 is 0 Å². The minimum Gasteiger partial charge on any atom is -0.354 e. The number of amides is 1. The van der Waals surface area contributed by atoms with Gasteiger partial charge in [0, 0.05) is 37.5 Å². The quantitative estimate of drug-likeness (QED) is 0.753. The zero-order valence-electron chi connectivity index (χ0n) is 15.2. The van der Waals surface area contributed by atoms with Gasteiger partial charge in [-0.25, -0.2) is 9.48 Å². The van der Waals surface area contributed by atoms with Crippen LogP contribution in [0.4, 0.5) is 0 Å². The summed E-state index contributed by atoms with van der Waals surface area (Å²) in [7, 11) is 1.69. The zero-order chi connectivity index (χ0) is 18.2. The summed E-state index contributed by atoms with van der Waals surface area (Å²) in [5.74, 6) is 0.695. The van der Waals surface area contributed by atoms with Gasteiger partial charge in [0.1, 0.15) is 0 Å². The summed E-state index contributed by atoms with van der Waals surface area (Å²) in [4.78, 5) is 28.6. The first-order valence-electron chi connectivity index (χ1n) is 8.90. The molecule has 2 heterocycles. The van der Waals surface area contributed by atoms with Crippen LogP contribution in [0.1, 0.15) is 39.5 Å². The minimum absolute atomic E-state index is 0.0569. The van der Waals surface area contributed by atoms with E-state index >= 15 is 0 Å². The predicted octanol–water partition coefficient (Wildman–Crippen LogP) is 1.98. The minimum atomic E-state index is -0.202. The monoisotopic (exact) mass is 345 g/mol. The lowest BCUT2D eigenvalue weighted by Crippen LogP contribution is -2.35. The van der Waals surface area contributed by atoms with Gasteiger partial charge in [-0.3, -0.25) is 14.3 Å². The van der Waals surface area contributed by atoms with Gasteiger partial charge >= 0.3 is 5.69 Å². The Bertz CT molecular complexity index is 730. The standard InChI is InChI=1S/C18H27N5O2/c1-4-7-14(8-5-2)17(24)20-11-12-23-18(25)22(3)16(21-23)15-9-6-10-19-13-15/h6,9-10,13-14H,4-5,7-8,11-12H2,1-3H3,(H,20,24). The maximum absolute atomic E-state index is 12.3. The third kappa shape index (κ3) is 4.78. The average molecular weight is 345 g/mol. The van der Waals surface area contributed by atoms with Crippen LogP contribution in [0, 0.1) is 5.92 Å². The molecule has 2 aromatic heterocycles. The van der Waals surface area contributed by atoms with E-state index in [1.807, 2.05) is 6.07 Å². The van der Waals surface area contributed by atoms with E-state index in [9.17, 15) is 9.59 Å². The number of nitrogens with zero attached hydrogens (tertiary/aromatic N) is 4. The van der Waals surface area contributed by atoms with E-state index in [0.29, 0.717) is 18.9 Å². The largest absolute Gasteiger partial charge is 0.354 e. The molecule has 0 atom stereocenters. The van der Waals surface area contributed by atoms with E-state index in [0.717, 1.165) is 31.2 Å². The van der Waals surface area contributed by atoms with Gasteiger partial charge in [0.15, 0.2) is 5.82 Å². The van der Waals surface area contributed by atoms with Crippen molar-refractivity contribution in [1.82, 2.24) is 24.6 Å². The van der Waals surface area contributed by atoms with Crippen molar-refractivity contribution >= 4 is 5.91 Å². The Morgan fingerprint density at radius 1 is 1.28 bits per heavy atom. The molecular formula is C18H27N5O2. The smallest absolute Gasteiger partial charge is 0.345 e. The van der Waals surface area contributed by atoms with Crippen LogP contribution in [0.3, 0.4) is 0 Å². The molecule has 0 aliphatic rings. The molecular weight excluding hydrogens is 318 g/mol. The maximum atomic E-state index is 12.3. The first-order valence-corrected chi connectivity index (χ1v) is 8.90. The molecule has 0 spiro atoms. The molecule has 25 heavy (non-hydrogen) atoms. The lowest BCUT2D eigenvalue weighted by molar-refractivity contribution is -0.125. The van der Waals surface area contributed by atoms with Crippen molar-refractivity contribution in [3.8, 4) is 11.4 Å². The second-order valence-corrected chi connectivity index (χ2v) is 6.20. The molecule has 0 unspecified atom stereocenters. The van der Waals surface area contributed by atoms with Crippen LogP contribution in [-0.2, 0) is 18.4 Å². The molecule has 0 saturated carbocycles. The second kappa shape index (κ2) is 9.15. The van der Waals surface area contributed by atoms with Crippen molar-refractivity contribution in [3.05, 3.63) is 35.0 Å². The second-order valence-electron chi connectivity index (χ2n) is 6.20. The summed E-state index contributed by atoms with van der Waals surface area (Å²) in [6.07, 6.45) is 7.13. The van der Waals surface area contributed by atoms with Gasteiger partial charge in [0.2, 0.25) is 5.91 Å². The lowest BCUT2D eigenvalue weighted by Gasteiger charge is -2.14. The number of hydrogen-bond acceptors (Lipinski definition) is 4. The number of hydrogen-bond donors (Lipinski definition) is 1. The van der Waals surface area contributed by atoms with Crippen molar-refractivity contribution in [3.63, 3.8) is 0 Å². The number of carbonyl (C=O) groups is 1. The molecule has 1 amide bonds. The summed E-state index contributed by atoms with van der Waals surface area (Å²) in [6.45, 7) is 4.92. The Morgan fingerprint density at radius 2 is 2.00 bits per heavy atom. The molecule has 1 N–H and O–H groups in total. The van der Waals surface area contributed by atoms with E-state index in [2.05, 4.69) is 29.2 Å². The van der Waals surface area contributed by atoms with Crippen LogP contribution in [0.15, 0.2) is 29.3 Å². The fourth-order valence-corrected chi connectivity index (χ4v) is 2.91. The summed E-state index contributed by atoms with van der Waals surface area (Å²) in [5.41, 5.74) is 0.586. The Hall–Kier alpha value is -2.44. The normalized spacial score (nSPS) is 11.0. The molecule has 0 aliphatic heterocycles. The number of carbonyl (C=O) groups excluding carboxylic acids is 1. The zero-order valence-corrected chi connectivity index (χ0v) is 15.2.